The summed E-state index contributed by atoms with van der Waals surface area (Å²) in [5, 5.41) is 0.823. The van der Waals surface area contributed by atoms with Crippen LogP contribution in [0.3, 0.4) is 0 Å². The first-order valence-electron chi connectivity index (χ1n) is 9.19. The average molecular weight is 400 g/mol. The van der Waals surface area contributed by atoms with E-state index in [4.69, 9.17) is 20.8 Å². The Hall–Kier alpha value is -2.79. The van der Waals surface area contributed by atoms with Gasteiger partial charge in [-0.25, -0.2) is 0 Å². The Balaban J connectivity index is 2.14. The maximum absolute atomic E-state index is 13.1. The maximum atomic E-state index is 13.1. The molecule has 1 aromatic heterocycles. The van der Waals surface area contributed by atoms with Crippen LogP contribution in [0.2, 0.25) is 5.02 Å². The summed E-state index contributed by atoms with van der Waals surface area (Å²) in [5.74, 6) is 0.0181. The normalized spacial score (nSPS) is 10.9. The summed E-state index contributed by atoms with van der Waals surface area (Å²) in [4.78, 5) is 27.1. The third-order valence-electron chi connectivity index (χ3n) is 4.58. The molecule has 0 aliphatic heterocycles. The highest BCUT2D eigenvalue weighted by Gasteiger charge is 2.21. The minimum Gasteiger partial charge on any atom is -0.476 e. The van der Waals surface area contributed by atoms with Gasteiger partial charge >= 0.3 is 0 Å². The lowest BCUT2D eigenvalue weighted by Crippen LogP contribution is -2.35. The highest BCUT2D eigenvalue weighted by Crippen LogP contribution is 2.35. The number of carbonyl (C=O) groups excluding carboxylic acids is 1. The monoisotopic (exact) mass is 399 g/mol. The van der Waals surface area contributed by atoms with Crippen molar-refractivity contribution in [1.29, 1.82) is 0 Å². The van der Waals surface area contributed by atoms with Crippen LogP contribution in [0.15, 0.2) is 51.7 Å². The molecule has 0 N–H and O–H groups in total. The summed E-state index contributed by atoms with van der Waals surface area (Å²) < 4.78 is 11.7. The fourth-order valence-electron chi connectivity index (χ4n) is 3.04. The molecule has 0 aliphatic carbocycles. The molecule has 2 aromatic carbocycles. The quantitative estimate of drug-likeness (QED) is 0.604. The summed E-state index contributed by atoms with van der Waals surface area (Å²) in [6.07, 6.45) is 0. The van der Waals surface area contributed by atoms with Crippen LogP contribution in [-0.2, 0) is 4.79 Å². The second kappa shape index (κ2) is 8.48. The van der Waals surface area contributed by atoms with E-state index in [2.05, 4.69) is 0 Å². The number of likely N-dealkylation sites (N-methyl/N-ethyl adjacent to an activating group) is 1. The number of ether oxygens (including phenoxy) is 1. The summed E-state index contributed by atoms with van der Waals surface area (Å²) in [6.45, 7) is 6.60. The van der Waals surface area contributed by atoms with E-state index in [9.17, 15) is 9.59 Å². The Morgan fingerprint density at radius 2 is 1.86 bits per heavy atom. The van der Waals surface area contributed by atoms with Crippen molar-refractivity contribution in [3.05, 3.63) is 63.3 Å². The van der Waals surface area contributed by atoms with Gasteiger partial charge in [0.2, 0.25) is 11.2 Å². The SMILES string of the molecule is CCN(CC)C(=O)COc1c(-c2ccccc2Cl)oc2cc(C)ccc2c1=O. The number of hydrogen-bond donors (Lipinski definition) is 0. The van der Waals surface area contributed by atoms with Crippen molar-refractivity contribution in [1.82, 2.24) is 4.90 Å². The Bertz CT molecular complexity index is 1070. The van der Waals surface area contributed by atoms with Gasteiger partial charge in [-0.15, -0.1) is 0 Å². The summed E-state index contributed by atoms with van der Waals surface area (Å²) in [7, 11) is 0. The number of carbonyl (C=O) groups is 1. The molecule has 5 nitrogen and oxygen atoms in total. The molecular weight excluding hydrogens is 378 g/mol. The van der Waals surface area contributed by atoms with Crippen LogP contribution in [0.4, 0.5) is 0 Å². The van der Waals surface area contributed by atoms with Crippen molar-refractivity contribution in [2.45, 2.75) is 20.8 Å². The number of hydrogen-bond acceptors (Lipinski definition) is 4. The van der Waals surface area contributed by atoms with Crippen LogP contribution in [0.25, 0.3) is 22.3 Å². The molecule has 28 heavy (non-hydrogen) atoms. The van der Waals surface area contributed by atoms with Gasteiger partial charge < -0.3 is 14.1 Å². The predicted molar refractivity (Wildman–Crippen MR) is 111 cm³/mol. The van der Waals surface area contributed by atoms with E-state index in [-0.39, 0.29) is 29.5 Å². The number of rotatable bonds is 6. The lowest BCUT2D eigenvalue weighted by Gasteiger charge is -2.19. The van der Waals surface area contributed by atoms with Gasteiger partial charge in [0.1, 0.15) is 5.58 Å². The largest absolute Gasteiger partial charge is 0.476 e. The zero-order valence-corrected chi connectivity index (χ0v) is 16.9. The van der Waals surface area contributed by atoms with Gasteiger partial charge in [-0.05, 0) is 50.6 Å². The van der Waals surface area contributed by atoms with Crippen LogP contribution in [0.1, 0.15) is 19.4 Å². The van der Waals surface area contributed by atoms with Crippen LogP contribution < -0.4 is 10.2 Å². The van der Waals surface area contributed by atoms with Crippen LogP contribution in [0, 0.1) is 6.92 Å². The fraction of sp³-hybridized carbons (Fsp3) is 0.273. The van der Waals surface area contributed by atoms with Crippen molar-refractivity contribution < 1.29 is 13.9 Å². The lowest BCUT2D eigenvalue weighted by molar-refractivity contribution is -0.132. The third kappa shape index (κ3) is 3.90. The molecular formula is C22H22ClNO4. The summed E-state index contributed by atoms with van der Waals surface area (Å²) in [5.41, 5.74) is 1.62. The van der Waals surface area contributed by atoms with E-state index in [0.717, 1.165) is 5.56 Å². The summed E-state index contributed by atoms with van der Waals surface area (Å²) in [6, 6.07) is 12.4. The van der Waals surface area contributed by atoms with E-state index in [1.54, 1.807) is 41.3 Å². The highest BCUT2D eigenvalue weighted by molar-refractivity contribution is 6.33. The molecule has 0 fully saturated rings. The second-order valence-electron chi connectivity index (χ2n) is 6.42. The van der Waals surface area contributed by atoms with Gasteiger partial charge in [-0.3, -0.25) is 9.59 Å². The molecule has 3 rings (SSSR count). The first-order valence-corrected chi connectivity index (χ1v) is 9.57. The first kappa shape index (κ1) is 20.0. The average Bonchev–Trinajstić information content (AvgIpc) is 2.68. The molecule has 146 valence electrons. The standard InChI is InChI=1S/C22H22ClNO4/c1-4-24(5-2)19(25)13-27-22-20(26)16-11-10-14(3)12-18(16)28-21(22)15-8-6-7-9-17(15)23/h6-12H,4-5,13H2,1-3H3. The Morgan fingerprint density at radius 1 is 1.14 bits per heavy atom. The second-order valence-corrected chi connectivity index (χ2v) is 6.83. The molecule has 6 heteroatoms. The minimum atomic E-state index is -0.330. The molecule has 3 aromatic rings. The number of halogens is 1. The van der Waals surface area contributed by atoms with Crippen molar-refractivity contribution in [3.8, 4) is 17.1 Å². The van der Waals surface area contributed by atoms with E-state index in [0.29, 0.717) is 34.6 Å². The van der Waals surface area contributed by atoms with E-state index in [1.165, 1.54) is 0 Å². The van der Waals surface area contributed by atoms with Crippen molar-refractivity contribution in [2.24, 2.45) is 0 Å². The Labute approximate surface area is 168 Å². The topological polar surface area (TPSA) is 59.8 Å². The zero-order valence-electron chi connectivity index (χ0n) is 16.1. The molecule has 0 aliphatic rings. The molecule has 1 heterocycles. The first-order chi connectivity index (χ1) is 13.5. The maximum Gasteiger partial charge on any atom is 0.260 e. The van der Waals surface area contributed by atoms with Gasteiger partial charge in [0.05, 0.1) is 10.4 Å². The van der Waals surface area contributed by atoms with Crippen LogP contribution in [-0.4, -0.2) is 30.5 Å². The van der Waals surface area contributed by atoms with E-state index in [1.807, 2.05) is 26.8 Å². The lowest BCUT2D eigenvalue weighted by atomic mass is 10.1. The van der Waals surface area contributed by atoms with E-state index >= 15 is 0 Å². The van der Waals surface area contributed by atoms with Crippen LogP contribution >= 0.6 is 11.6 Å². The van der Waals surface area contributed by atoms with Gasteiger partial charge in [0, 0.05) is 18.7 Å². The molecule has 0 saturated carbocycles. The smallest absolute Gasteiger partial charge is 0.260 e. The Kier molecular flexibility index (Phi) is 6.05. The fourth-order valence-corrected chi connectivity index (χ4v) is 3.26. The number of fused-ring (bicyclic) bond motifs is 1. The molecule has 0 unspecified atom stereocenters. The minimum absolute atomic E-state index is 0.00930. The number of nitrogens with zero attached hydrogens (tertiary/aromatic N) is 1. The molecule has 0 spiro atoms. The highest BCUT2D eigenvalue weighted by atomic mass is 35.5. The van der Waals surface area contributed by atoms with Gasteiger partial charge in [0.15, 0.2) is 12.4 Å². The molecule has 0 bridgehead atoms. The predicted octanol–water partition coefficient (Wildman–Crippen LogP) is 4.67. The van der Waals surface area contributed by atoms with Crippen LogP contribution in [0.5, 0.6) is 5.75 Å². The van der Waals surface area contributed by atoms with Gasteiger partial charge in [-0.1, -0.05) is 29.8 Å². The van der Waals surface area contributed by atoms with Crippen molar-refractivity contribution in [2.75, 3.05) is 19.7 Å². The number of amides is 1. The third-order valence-corrected chi connectivity index (χ3v) is 4.91. The van der Waals surface area contributed by atoms with Gasteiger partial charge in [-0.2, -0.15) is 0 Å². The Morgan fingerprint density at radius 3 is 2.54 bits per heavy atom. The van der Waals surface area contributed by atoms with Crippen molar-refractivity contribution in [3.63, 3.8) is 0 Å². The molecule has 1 amide bonds. The van der Waals surface area contributed by atoms with Crippen molar-refractivity contribution >= 4 is 28.5 Å². The summed E-state index contributed by atoms with van der Waals surface area (Å²) >= 11 is 6.33. The zero-order chi connectivity index (χ0) is 20.3. The van der Waals surface area contributed by atoms with Gasteiger partial charge in [0.25, 0.3) is 5.91 Å². The molecule has 0 radical (unpaired) electrons. The molecule has 0 saturated heterocycles. The molecule has 0 atom stereocenters. The number of aryl methyl sites for hydroxylation is 1. The van der Waals surface area contributed by atoms with E-state index < -0.39 is 0 Å². The number of benzene rings is 2.